The van der Waals surface area contributed by atoms with E-state index in [0.717, 1.165) is 11.0 Å². The van der Waals surface area contributed by atoms with Crippen LogP contribution in [0.1, 0.15) is 12.0 Å². The lowest BCUT2D eigenvalue weighted by Crippen LogP contribution is -2.25. The molecule has 0 spiro atoms. The van der Waals surface area contributed by atoms with Gasteiger partial charge in [0.1, 0.15) is 5.69 Å². The molecule has 0 aliphatic rings. The zero-order valence-corrected chi connectivity index (χ0v) is 11.0. The van der Waals surface area contributed by atoms with E-state index in [4.69, 9.17) is 10.9 Å². The summed E-state index contributed by atoms with van der Waals surface area (Å²) >= 11 is 0. The third kappa shape index (κ3) is 4.51. The SMILES string of the molecule is CN(CCC(F)(F)F)c1ccc(C(N)=NO)cc1[N+](=O)[O-]. The minimum Gasteiger partial charge on any atom is -0.409 e. The zero-order valence-electron chi connectivity index (χ0n) is 11.0. The van der Waals surface area contributed by atoms with Crippen LogP contribution in [0.25, 0.3) is 0 Å². The third-order valence-corrected chi connectivity index (χ3v) is 2.72. The Labute approximate surface area is 117 Å². The molecule has 0 unspecified atom stereocenters. The quantitative estimate of drug-likeness (QED) is 0.285. The van der Waals surface area contributed by atoms with E-state index in [9.17, 15) is 23.3 Å². The summed E-state index contributed by atoms with van der Waals surface area (Å²) in [5.74, 6) is -0.331. The minimum absolute atomic E-state index is 0.0127. The number of hydrogen-bond donors (Lipinski definition) is 2. The number of hydrogen-bond acceptors (Lipinski definition) is 5. The highest BCUT2D eigenvalue weighted by molar-refractivity contribution is 5.98. The number of oxime groups is 1. The normalized spacial score (nSPS) is 12.3. The van der Waals surface area contributed by atoms with Crippen LogP contribution in [0.5, 0.6) is 0 Å². The predicted molar refractivity (Wildman–Crippen MR) is 69.5 cm³/mol. The topological polar surface area (TPSA) is 105 Å². The lowest BCUT2D eigenvalue weighted by atomic mass is 10.1. The summed E-state index contributed by atoms with van der Waals surface area (Å²) < 4.78 is 36.6. The van der Waals surface area contributed by atoms with E-state index in [1.165, 1.54) is 19.2 Å². The molecule has 3 N–H and O–H groups in total. The number of alkyl halides is 3. The molecular formula is C11H13F3N4O3. The number of halogens is 3. The Morgan fingerprint density at radius 1 is 1.52 bits per heavy atom. The Hall–Kier alpha value is -2.52. The van der Waals surface area contributed by atoms with E-state index in [0.29, 0.717) is 0 Å². The van der Waals surface area contributed by atoms with Crippen LogP contribution < -0.4 is 10.6 Å². The van der Waals surface area contributed by atoms with Crippen LogP contribution in [-0.4, -0.2) is 35.7 Å². The van der Waals surface area contributed by atoms with Crippen molar-refractivity contribution in [2.45, 2.75) is 12.6 Å². The summed E-state index contributed by atoms with van der Waals surface area (Å²) in [6.07, 6.45) is -5.44. The maximum Gasteiger partial charge on any atom is 0.390 e. The van der Waals surface area contributed by atoms with Gasteiger partial charge in [0.05, 0.1) is 11.3 Å². The molecule has 0 saturated carbocycles. The Balaban J connectivity index is 3.09. The average Bonchev–Trinajstić information content (AvgIpc) is 2.42. The van der Waals surface area contributed by atoms with Crippen LogP contribution in [-0.2, 0) is 0 Å². The van der Waals surface area contributed by atoms with Gasteiger partial charge in [0.15, 0.2) is 5.84 Å². The largest absolute Gasteiger partial charge is 0.409 e. The molecular weight excluding hydrogens is 293 g/mol. The van der Waals surface area contributed by atoms with Gasteiger partial charge in [-0.25, -0.2) is 0 Å². The Bertz CT molecular complexity index is 560. The second-order valence-electron chi connectivity index (χ2n) is 4.23. The predicted octanol–water partition coefficient (Wildman–Crippen LogP) is 2.08. The van der Waals surface area contributed by atoms with Gasteiger partial charge in [-0.05, 0) is 12.1 Å². The molecule has 7 nitrogen and oxygen atoms in total. The van der Waals surface area contributed by atoms with Gasteiger partial charge in [-0.2, -0.15) is 13.2 Å². The number of amidine groups is 1. The Kier molecular flexibility index (Phi) is 4.95. The van der Waals surface area contributed by atoms with E-state index in [2.05, 4.69) is 5.16 Å². The van der Waals surface area contributed by atoms with Crippen LogP contribution in [0.2, 0.25) is 0 Å². The van der Waals surface area contributed by atoms with Crippen LogP contribution in [0.4, 0.5) is 24.5 Å². The summed E-state index contributed by atoms with van der Waals surface area (Å²) in [5, 5.41) is 22.2. The molecule has 0 atom stereocenters. The highest BCUT2D eigenvalue weighted by atomic mass is 19.4. The van der Waals surface area contributed by atoms with Crippen molar-refractivity contribution >= 4 is 17.2 Å². The standard InChI is InChI=1S/C11H13F3N4O3/c1-17(5-4-11(12,13)14)8-3-2-7(10(15)16-19)6-9(8)18(20)21/h2-3,6,19H,4-5H2,1H3,(H2,15,16). The molecule has 0 aromatic heterocycles. The van der Waals surface area contributed by atoms with Crippen LogP contribution in [0.15, 0.2) is 23.4 Å². The summed E-state index contributed by atoms with van der Waals surface area (Å²) in [6, 6.07) is 3.61. The molecule has 21 heavy (non-hydrogen) atoms. The van der Waals surface area contributed by atoms with E-state index in [1.807, 2.05) is 0 Å². The maximum absolute atomic E-state index is 12.2. The number of nitrogens with zero attached hydrogens (tertiary/aromatic N) is 3. The number of rotatable bonds is 5. The van der Waals surface area contributed by atoms with E-state index >= 15 is 0 Å². The number of nitro benzene ring substituents is 1. The molecule has 1 aromatic rings. The summed E-state index contributed by atoms with van der Waals surface area (Å²) in [6.45, 7) is -0.423. The van der Waals surface area contributed by atoms with Crippen molar-refractivity contribution in [1.29, 1.82) is 0 Å². The lowest BCUT2D eigenvalue weighted by molar-refractivity contribution is -0.384. The van der Waals surface area contributed by atoms with Crippen LogP contribution in [0, 0.1) is 10.1 Å². The van der Waals surface area contributed by atoms with E-state index < -0.39 is 29.8 Å². The number of anilines is 1. The molecule has 116 valence electrons. The van der Waals surface area contributed by atoms with E-state index in [1.54, 1.807) is 0 Å². The fraction of sp³-hybridized carbons (Fsp3) is 0.364. The van der Waals surface area contributed by atoms with Crippen molar-refractivity contribution < 1.29 is 23.3 Å². The molecule has 0 radical (unpaired) electrons. The third-order valence-electron chi connectivity index (χ3n) is 2.72. The maximum atomic E-state index is 12.2. The molecule has 0 heterocycles. The summed E-state index contributed by atoms with van der Waals surface area (Å²) in [7, 11) is 1.32. The van der Waals surface area contributed by atoms with E-state index in [-0.39, 0.29) is 17.1 Å². The number of benzene rings is 1. The molecule has 1 rings (SSSR count). The van der Waals surface area contributed by atoms with Gasteiger partial charge >= 0.3 is 6.18 Å². The summed E-state index contributed by atoms with van der Waals surface area (Å²) in [5.41, 5.74) is 5.00. The van der Waals surface area contributed by atoms with Crippen molar-refractivity contribution in [1.82, 2.24) is 0 Å². The van der Waals surface area contributed by atoms with Crippen molar-refractivity contribution in [3.05, 3.63) is 33.9 Å². The lowest BCUT2D eigenvalue weighted by Gasteiger charge is -2.20. The number of nitro groups is 1. The first-order valence-electron chi connectivity index (χ1n) is 5.70. The molecule has 0 bridgehead atoms. The van der Waals surface area contributed by atoms with Crippen LogP contribution >= 0.6 is 0 Å². The Morgan fingerprint density at radius 2 is 2.14 bits per heavy atom. The molecule has 0 fully saturated rings. The molecule has 0 aliphatic heterocycles. The van der Waals surface area contributed by atoms with Gasteiger partial charge in [-0.1, -0.05) is 5.16 Å². The second kappa shape index (κ2) is 6.29. The number of nitrogens with two attached hydrogens (primary N) is 1. The highest BCUT2D eigenvalue weighted by Gasteiger charge is 2.28. The zero-order chi connectivity index (χ0) is 16.2. The van der Waals surface area contributed by atoms with Gasteiger partial charge in [0.25, 0.3) is 5.69 Å². The first-order valence-corrected chi connectivity index (χ1v) is 5.70. The molecule has 0 aliphatic carbocycles. The molecule has 0 saturated heterocycles. The Morgan fingerprint density at radius 3 is 2.62 bits per heavy atom. The molecule has 10 heteroatoms. The fourth-order valence-electron chi connectivity index (χ4n) is 1.62. The summed E-state index contributed by atoms with van der Waals surface area (Å²) in [4.78, 5) is 11.4. The van der Waals surface area contributed by atoms with Crippen molar-refractivity contribution in [2.24, 2.45) is 10.9 Å². The fourth-order valence-corrected chi connectivity index (χ4v) is 1.62. The second-order valence-corrected chi connectivity index (χ2v) is 4.23. The molecule has 1 aromatic carbocycles. The first-order chi connectivity index (χ1) is 9.65. The smallest absolute Gasteiger partial charge is 0.390 e. The van der Waals surface area contributed by atoms with Crippen molar-refractivity contribution in [3.63, 3.8) is 0 Å². The highest BCUT2D eigenvalue weighted by Crippen LogP contribution is 2.30. The molecule has 0 amide bonds. The van der Waals surface area contributed by atoms with Gasteiger partial charge in [-0.15, -0.1) is 0 Å². The van der Waals surface area contributed by atoms with Gasteiger partial charge in [-0.3, -0.25) is 10.1 Å². The van der Waals surface area contributed by atoms with Crippen molar-refractivity contribution in [3.8, 4) is 0 Å². The van der Waals surface area contributed by atoms with Gasteiger partial charge < -0.3 is 15.8 Å². The monoisotopic (exact) mass is 306 g/mol. The van der Waals surface area contributed by atoms with Gasteiger partial charge in [0, 0.05) is 25.2 Å². The van der Waals surface area contributed by atoms with Crippen molar-refractivity contribution in [2.75, 3.05) is 18.5 Å². The first kappa shape index (κ1) is 16.5. The van der Waals surface area contributed by atoms with Crippen LogP contribution in [0.3, 0.4) is 0 Å². The minimum atomic E-state index is -4.35. The van der Waals surface area contributed by atoms with Gasteiger partial charge in [0.2, 0.25) is 0 Å². The average molecular weight is 306 g/mol.